The van der Waals surface area contributed by atoms with Gasteiger partial charge in [-0.05, 0) is 49.9 Å². The molecular weight excluding hydrogens is 333 g/mol. The molecule has 0 bridgehead atoms. The molecule has 1 N–H and O–H groups in total. The van der Waals surface area contributed by atoms with Gasteiger partial charge in [0.2, 0.25) is 0 Å². The Morgan fingerprint density at radius 3 is 2.87 bits per heavy atom. The number of rotatable bonds is 1. The van der Waals surface area contributed by atoms with Gasteiger partial charge in [-0.2, -0.15) is 0 Å². The van der Waals surface area contributed by atoms with Gasteiger partial charge in [0.25, 0.3) is 5.91 Å². The van der Waals surface area contributed by atoms with Crippen LogP contribution >= 0.6 is 24.8 Å². The van der Waals surface area contributed by atoms with Gasteiger partial charge in [0.15, 0.2) is 0 Å². The third-order valence-electron chi connectivity index (χ3n) is 5.20. The summed E-state index contributed by atoms with van der Waals surface area (Å²) in [5.41, 5.74) is 3.31. The van der Waals surface area contributed by atoms with Crippen molar-refractivity contribution < 1.29 is 4.79 Å². The predicted molar refractivity (Wildman–Crippen MR) is 98.2 cm³/mol. The zero-order valence-electron chi connectivity index (χ0n) is 13.3. The van der Waals surface area contributed by atoms with E-state index < -0.39 is 0 Å². The number of nitrogens with one attached hydrogen (secondary N) is 1. The van der Waals surface area contributed by atoms with E-state index >= 15 is 0 Å². The molecule has 4 nitrogen and oxygen atoms in total. The second-order valence-corrected chi connectivity index (χ2v) is 6.45. The molecule has 1 unspecified atom stereocenters. The van der Waals surface area contributed by atoms with E-state index in [0.717, 1.165) is 50.3 Å². The predicted octanol–water partition coefficient (Wildman–Crippen LogP) is 2.81. The number of hydrogen-bond donors (Lipinski definition) is 1. The summed E-state index contributed by atoms with van der Waals surface area (Å²) >= 11 is 0. The van der Waals surface area contributed by atoms with Crippen LogP contribution in [0.3, 0.4) is 0 Å². The Hall–Kier alpha value is -0.970. The highest BCUT2D eigenvalue weighted by molar-refractivity contribution is 5.97. The number of carbonyl (C=O) groups excluding carboxylic acids is 1. The summed E-state index contributed by atoms with van der Waals surface area (Å²) in [4.78, 5) is 17.6. The number of carbonyl (C=O) groups is 1. The van der Waals surface area contributed by atoms with E-state index in [2.05, 4.69) is 21.2 Å². The molecule has 0 aromatic heterocycles. The van der Waals surface area contributed by atoms with Crippen LogP contribution in [-0.4, -0.2) is 54.5 Å². The largest absolute Gasteiger partial charge is 0.385 e. The standard InChI is InChI=1S/C17H23N3O.2ClH/c21-17(20-11-10-19-9-3-4-13(19)12-20)15-5-1-7-16-14(15)6-2-8-18-16;;/h1,5,7,13,18H,2-4,6,8-12H2;2*1H. The van der Waals surface area contributed by atoms with Gasteiger partial charge in [-0.25, -0.2) is 0 Å². The highest BCUT2D eigenvalue weighted by Gasteiger charge is 2.33. The molecule has 3 heterocycles. The summed E-state index contributed by atoms with van der Waals surface area (Å²) < 4.78 is 0. The minimum Gasteiger partial charge on any atom is -0.385 e. The van der Waals surface area contributed by atoms with E-state index in [1.165, 1.54) is 24.9 Å². The van der Waals surface area contributed by atoms with Gasteiger partial charge in [-0.3, -0.25) is 9.69 Å². The normalized spacial score (nSPS) is 23.0. The quantitative estimate of drug-likeness (QED) is 0.839. The monoisotopic (exact) mass is 357 g/mol. The fourth-order valence-corrected chi connectivity index (χ4v) is 4.06. The second kappa shape index (κ2) is 7.73. The number of nitrogens with zero attached hydrogens (tertiary/aromatic N) is 2. The molecule has 1 amide bonds. The second-order valence-electron chi connectivity index (χ2n) is 6.45. The van der Waals surface area contributed by atoms with Gasteiger partial charge >= 0.3 is 0 Å². The van der Waals surface area contributed by atoms with Crippen LogP contribution in [0.2, 0.25) is 0 Å². The molecule has 23 heavy (non-hydrogen) atoms. The van der Waals surface area contributed by atoms with E-state index in [4.69, 9.17) is 0 Å². The Balaban J connectivity index is 0.000000960. The summed E-state index contributed by atoms with van der Waals surface area (Å²) in [6.07, 6.45) is 4.68. The van der Waals surface area contributed by atoms with Crippen LogP contribution in [0.1, 0.15) is 35.2 Å². The summed E-state index contributed by atoms with van der Waals surface area (Å²) in [7, 11) is 0. The Morgan fingerprint density at radius 2 is 2.00 bits per heavy atom. The van der Waals surface area contributed by atoms with Gasteiger partial charge in [-0.1, -0.05) is 6.07 Å². The maximum Gasteiger partial charge on any atom is 0.254 e. The van der Waals surface area contributed by atoms with Gasteiger partial charge in [0.05, 0.1) is 0 Å². The molecule has 3 aliphatic rings. The van der Waals surface area contributed by atoms with Crippen molar-refractivity contribution in [2.45, 2.75) is 31.7 Å². The van der Waals surface area contributed by atoms with Crippen molar-refractivity contribution in [2.75, 3.05) is 38.0 Å². The summed E-state index contributed by atoms with van der Waals surface area (Å²) in [6, 6.07) is 6.71. The fourth-order valence-electron chi connectivity index (χ4n) is 4.06. The van der Waals surface area contributed by atoms with Crippen LogP contribution in [0.5, 0.6) is 0 Å². The maximum absolute atomic E-state index is 12.9. The van der Waals surface area contributed by atoms with E-state index in [1.807, 2.05) is 12.1 Å². The molecule has 0 radical (unpaired) electrons. The van der Waals surface area contributed by atoms with Crippen molar-refractivity contribution in [1.29, 1.82) is 0 Å². The zero-order valence-corrected chi connectivity index (χ0v) is 14.9. The number of halogens is 2. The molecule has 6 heteroatoms. The zero-order chi connectivity index (χ0) is 14.2. The minimum absolute atomic E-state index is 0. The molecule has 0 aliphatic carbocycles. The van der Waals surface area contributed by atoms with Crippen molar-refractivity contribution in [3.63, 3.8) is 0 Å². The molecular formula is C17H25Cl2N3O. The molecule has 2 saturated heterocycles. The summed E-state index contributed by atoms with van der Waals surface area (Å²) in [5.74, 6) is 0.238. The van der Waals surface area contributed by atoms with Crippen LogP contribution in [0, 0.1) is 0 Å². The Kier molecular flexibility index (Phi) is 6.18. The molecule has 3 aliphatic heterocycles. The van der Waals surface area contributed by atoms with Gasteiger partial charge in [0.1, 0.15) is 0 Å². The molecule has 1 atom stereocenters. The van der Waals surface area contributed by atoms with Crippen LogP contribution in [0.25, 0.3) is 0 Å². The lowest BCUT2D eigenvalue weighted by molar-refractivity contribution is 0.0570. The van der Waals surface area contributed by atoms with Crippen LogP contribution in [0.15, 0.2) is 18.2 Å². The third-order valence-corrected chi connectivity index (χ3v) is 5.20. The van der Waals surface area contributed by atoms with Crippen LogP contribution in [0.4, 0.5) is 5.69 Å². The first kappa shape index (κ1) is 18.4. The SMILES string of the molecule is Cl.Cl.O=C(c1cccc2c1CCCN2)N1CCN2CCCC2C1. The van der Waals surface area contributed by atoms with E-state index in [-0.39, 0.29) is 30.7 Å². The number of benzene rings is 1. The van der Waals surface area contributed by atoms with E-state index in [1.54, 1.807) is 0 Å². The fraction of sp³-hybridized carbons (Fsp3) is 0.588. The lowest BCUT2D eigenvalue weighted by atomic mass is 9.96. The van der Waals surface area contributed by atoms with Crippen molar-refractivity contribution >= 4 is 36.4 Å². The first-order valence-corrected chi connectivity index (χ1v) is 8.22. The number of anilines is 1. The third kappa shape index (κ3) is 3.44. The molecule has 128 valence electrons. The van der Waals surface area contributed by atoms with Gasteiger partial charge in [-0.15, -0.1) is 24.8 Å². The Labute approximate surface area is 150 Å². The minimum atomic E-state index is 0. The number of fused-ring (bicyclic) bond motifs is 2. The van der Waals surface area contributed by atoms with Crippen LogP contribution in [-0.2, 0) is 6.42 Å². The molecule has 0 spiro atoms. The molecule has 1 aromatic rings. The first-order valence-electron chi connectivity index (χ1n) is 8.22. The lowest BCUT2D eigenvalue weighted by Gasteiger charge is -2.38. The lowest BCUT2D eigenvalue weighted by Crippen LogP contribution is -2.52. The molecule has 2 fully saturated rings. The van der Waals surface area contributed by atoms with Gasteiger partial charge in [0, 0.05) is 43.5 Å². The Morgan fingerprint density at radius 1 is 1.13 bits per heavy atom. The number of hydrogen-bond acceptors (Lipinski definition) is 3. The van der Waals surface area contributed by atoms with E-state index in [0.29, 0.717) is 6.04 Å². The highest BCUT2D eigenvalue weighted by atomic mass is 35.5. The maximum atomic E-state index is 12.9. The van der Waals surface area contributed by atoms with Crippen molar-refractivity contribution in [1.82, 2.24) is 9.80 Å². The average molecular weight is 358 g/mol. The smallest absolute Gasteiger partial charge is 0.254 e. The van der Waals surface area contributed by atoms with Crippen molar-refractivity contribution in [3.8, 4) is 0 Å². The highest BCUT2D eigenvalue weighted by Crippen LogP contribution is 2.28. The summed E-state index contributed by atoms with van der Waals surface area (Å²) in [5, 5.41) is 3.42. The molecule has 4 rings (SSSR count). The van der Waals surface area contributed by atoms with Crippen molar-refractivity contribution in [3.05, 3.63) is 29.3 Å². The average Bonchev–Trinajstić information content (AvgIpc) is 3.01. The van der Waals surface area contributed by atoms with Crippen molar-refractivity contribution in [2.24, 2.45) is 0 Å². The topological polar surface area (TPSA) is 35.6 Å². The molecule has 1 aromatic carbocycles. The van der Waals surface area contributed by atoms with Crippen LogP contribution < -0.4 is 5.32 Å². The summed E-state index contributed by atoms with van der Waals surface area (Å²) in [6.45, 7) is 5.08. The molecule has 0 saturated carbocycles. The van der Waals surface area contributed by atoms with Gasteiger partial charge < -0.3 is 10.2 Å². The van der Waals surface area contributed by atoms with E-state index in [9.17, 15) is 4.79 Å². The number of piperazine rings is 1. The number of amides is 1. The first-order chi connectivity index (χ1) is 10.3. The Bertz CT molecular complexity index is 567.